The molecular weight excluding hydrogens is 250 g/mol. The fourth-order valence-corrected chi connectivity index (χ4v) is 2.69. The number of hydrogen-bond acceptors (Lipinski definition) is 4. The van der Waals surface area contributed by atoms with Gasteiger partial charge in [0.15, 0.2) is 0 Å². The van der Waals surface area contributed by atoms with Gasteiger partial charge in [0.1, 0.15) is 0 Å². The van der Waals surface area contributed by atoms with Crippen molar-refractivity contribution < 1.29 is 8.42 Å². The average Bonchev–Trinajstić information content (AvgIpc) is 2.32. The molecule has 0 aliphatic carbocycles. The number of rotatable bonds is 4. The number of benzene rings is 1. The van der Waals surface area contributed by atoms with Gasteiger partial charge in [-0.05, 0) is 24.1 Å². The Bertz CT molecular complexity index is 627. The minimum absolute atomic E-state index is 0.0854. The summed E-state index contributed by atoms with van der Waals surface area (Å²) in [4.78, 5) is 7.65. The monoisotopic (exact) mass is 263 g/mol. The highest BCUT2D eigenvalue weighted by Crippen LogP contribution is 2.12. The molecule has 6 heteroatoms. The van der Waals surface area contributed by atoms with E-state index in [9.17, 15) is 8.42 Å². The van der Waals surface area contributed by atoms with E-state index in [2.05, 4.69) is 14.7 Å². The topological polar surface area (TPSA) is 72.0 Å². The van der Waals surface area contributed by atoms with Gasteiger partial charge in [0.2, 0.25) is 16.0 Å². The number of hydrogen-bond donors (Lipinski definition) is 1. The van der Waals surface area contributed by atoms with Crippen LogP contribution in [0.1, 0.15) is 11.1 Å². The van der Waals surface area contributed by atoms with E-state index in [-0.39, 0.29) is 11.7 Å². The molecule has 1 aromatic heterocycles. The van der Waals surface area contributed by atoms with Crippen molar-refractivity contribution in [2.45, 2.75) is 12.7 Å². The van der Waals surface area contributed by atoms with Crippen LogP contribution in [0.15, 0.2) is 42.7 Å². The summed E-state index contributed by atoms with van der Waals surface area (Å²) in [7, 11) is -3.49. The Morgan fingerprint density at radius 1 is 1.11 bits per heavy atom. The third-order valence-electron chi connectivity index (χ3n) is 2.42. The van der Waals surface area contributed by atoms with Gasteiger partial charge in [0.05, 0.1) is 5.75 Å². The zero-order valence-electron chi connectivity index (χ0n) is 9.87. The van der Waals surface area contributed by atoms with Crippen molar-refractivity contribution >= 4 is 16.0 Å². The van der Waals surface area contributed by atoms with Crippen LogP contribution in [-0.4, -0.2) is 18.4 Å². The average molecular weight is 263 g/mol. The quantitative estimate of drug-likeness (QED) is 0.911. The standard InChI is InChI=1S/C12H13N3O2S/c1-10-5-2-3-6-11(10)9-18(16,17)15-12-13-7-4-8-14-12/h2-8H,9H2,1H3,(H,13,14,15). The maximum Gasteiger partial charge on any atom is 0.239 e. The first-order chi connectivity index (χ1) is 8.57. The number of nitrogens with one attached hydrogen (secondary N) is 1. The zero-order valence-corrected chi connectivity index (χ0v) is 10.7. The molecule has 1 aromatic carbocycles. The Morgan fingerprint density at radius 3 is 2.44 bits per heavy atom. The largest absolute Gasteiger partial charge is 0.251 e. The fourth-order valence-electron chi connectivity index (χ4n) is 1.50. The maximum absolute atomic E-state index is 11.9. The van der Waals surface area contributed by atoms with Crippen LogP contribution in [0.2, 0.25) is 0 Å². The molecule has 0 fully saturated rings. The molecule has 0 unspecified atom stereocenters. The molecule has 0 aliphatic heterocycles. The molecular formula is C12H13N3O2S. The van der Waals surface area contributed by atoms with Crippen molar-refractivity contribution in [3.8, 4) is 0 Å². The highest BCUT2D eigenvalue weighted by atomic mass is 32.2. The Morgan fingerprint density at radius 2 is 1.78 bits per heavy atom. The van der Waals surface area contributed by atoms with Gasteiger partial charge < -0.3 is 0 Å². The van der Waals surface area contributed by atoms with Crippen LogP contribution in [0, 0.1) is 6.92 Å². The summed E-state index contributed by atoms with van der Waals surface area (Å²) in [5, 5.41) is 0. The highest BCUT2D eigenvalue weighted by molar-refractivity contribution is 7.91. The van der Waals surface area contributed by atoms with Crippen LogP contribution in [0.25, 0.3) is 0 Å². The molecule has 0 saturated carbocycles. The molecule has 0 aliphatic rings. The summed E-state index contributed by atoms with van der Waals surface area (Å²) in [5.74, 6) is 0.00358. The molecule has 0 radical (unpaired) electrons. The van der Waals surface area contributed by atoms with Gasteiger partial charge in [0.25, 0.3) is 0 Å². The lowest BCUT2D eigenvalue weighted by Crippen LogP contribution is -2.17. The minimum Gasteiger partial charge on any atom is -0.251 e. The number of sulfonamides is 1. The van der Waals surface area contributed by atoms with Crippen LogP contribution in [0.4, 0.5) is 5.95 Å². The molecule has 18 heavy (non-hydrogen) atoms. The fraction of sp³-hybridized carbons (Fsp3) is 0.167. The van der Waals surface area contributed by atoms with Gasteiger partial charge in [0, 0.05) is 12.4 Å². The Hall–Kier alpha value is -1.95. The predicted molar refractivity (Wildman–Crippen MR) is 69.5 cm³/mol. The molecule has 2 aromatic rings. The third-order valence-corrected chi connectivity index (χ3v) is 3.60. The van der Waals surface area contributed by atoms with Crippen molar-refractivity contribution in [2.24, 2.45) is 0 Å². The van der Waals surface area contributed by atoms with Crippen LogP contribution in [0.5, 0.6) is 0 Å². The van der Waals surface area contributed by atoms with E-state index < -0.39 is 10.0 Å². The van der Waals surface area contributed by atoms with Crippen LogP contribution < -0.4 is 4.72 Å². The number of nitrogens with zero attached hydrogens (tertiary/aromatic N) is 2. The number of aryl methyl sites for hydroxylation is 1. The molecule has 2 rings (SSSR count). The Labute approximate surface area is 106 Å². The van der Waals surface area contributed by atoms with Crippen molar-refractivity contribution in [3.05, 3.63) is 53.9 Å². The summed E-state index contributed by atoms with van der Waals surface area (Å²) in [6.45, 7) is 1.88. The van der Waals surface area contributed by atoms with Gasteiger partial charge in [-0.25, -0.2) is 18.4 Å². The smallest absolute Gasteiger partial charge is 0.239 e. The first-order valence-corrected chi connectivity index (χ1v) is 7.04. The normalized spacial score (nSPS) is 11.2. The van der Waals surface area contributed by atoms with Gasteiger partial charge in [-0.3, -0.25) is 4.72 Å². The summed E-state index contributed by atoms with van der Waals surface area (Å²) in [6.07, 6.45) is 2.97. The van der Waals surface area contributed by atoms with E-state index >= 15 is 0 Å². The molecule has 0 atom stereocenters. The van der Waals surface area contributed by atoms with Crippen molar-refractivity contribution in [3.63, 3.8) is 0 Å². The maximum atomic E-state index is 11.9. The molecule has 0 saturated heterocycles. The summed E-state index contributed by atoms with van der Waals surface area (Å²) < 4.78 is 26.2. The first-order valence-electron chi connectivity index (χ1n) is 5.39. The lowest BCUT2D eigenvalue weighted by Gasteiger charge is -2.08. The van der Waals surface area contributed by atoms with Gasteiger partial charge >= 0.3 is 0 Å². The highest BCUT2D eigenvalue weighted by Gasteiger charge is 2.14. The molecule has 94 valence electrons. The van der Waals surface area contributed by atoms with E-state index in [1.807, 2.05) is 25.1 Å². The predicted octanol–water partition coefficient (Wildman–Crippen LogP) is 1.73. The molecule has 0 spiro atoms. The third kappa shape index (κ3) is 3.27. The lowest BCUT2D eigenvalue weighted by molar-refractivity contribution is 0.600. The zero-order chi connectivity index (χ0) is 13.0. The molecule has 0 amide bonds. The second-order valence-electron chi connectivity index (χ2n) is 3.86. The van der Waals surface area contributed by atoms with Crippen LogP contribution in [0.3, 0.4) is 0 Å². The molecule has 5 nitrogen and oxygen atoms in total. The van der Waals surface area contributed by atoms with Gasteiger partial charge in [-0.15, -0.1) is 0 Å². The van der Waals surface area contributed by atoms with E-state index in [4.69, 9.17) is 0 Å². The van der Waals surface area contributed by atoms with E-state index in [0.29, 0.717) is 0 Å². The first kappa shape index (κ1) is 12.5. The van der Waals surface area contributed by atoms with Crippen LogP contribution in [-0.2, 0) is 15.8 Å². The SMILES string of the molecule is Cc1ccccc1CS(=O)(=O)Nc1ncccn1. The second-order valence-corrected chi connectivity index (χ2v) is 5.58. The molecule has 0 bridgehead atoms. The van der Waals surface area contributed by atoms with Gasteiger partial charge in [-0.1, -0.05) is 24.3 Å². The summed E-state index contributed by atoms with van der Waals surface area (Å²) >= 11 is 0. The van der Waals surface area contributed by atoms with Crippen molar-refractivity contribution in [1.29, 1.82) is 0 Å². The lowest BCUT2D eigenvalue weighted by atomic mass is 10.1. The summed E-state index contributed by atoms with van der Waals surface area (Å²) in [6, 6.07) is 8.99. The van der Waals surface area contributed by atoms with E-state index in [0.717, 1.165) is 11.1 Å². The number of aromatic nitrogens is 2. The second kappa shape index (κ2) is 5.14. The van der Waals surface area contributed by atoms with Crippen molar-refractivity contribution in [2.75, 3.05) is 4.72 Å². The van der Waals surface area contributed by atoms with E-state index in [1.165, 1.54) is 12.4 Å². The van der Waals surface area contributed by atoms with Gasteiger partial charge in [-0.2, -0.15) is 0 Å². The molecule has 1 N–H and O–H groups in total. The Balaban J connectivity index is 2.16. The number of anilines is 1. The van der Waals surface area contributed by atoms with E-state index in [1.54, 1.807) is 12.1 Å². The summed E-state index contributed by atoms with van der Waals surface area (Å²) in [5.41, 5.74) is 1.71. The van der Waals surface area contributed by atoms with Crippen molar-refractivity contribution in [1.82, 2.24) is 9.97 Å². The molecule has 1 heterocycles. The Kier molecular flexibility index (Phi) is 3.57. The van der Waals surface area contributed by atoms with Crippen LogP contribution >= 0.6 is 0 Å². The minimum atomic E-state index is -3.49.